The van der Waals surface area contributed by atoms with E-state index >= 15 is 0 Å². The van der Waals surface area contributed by atoms with Gasteiger partial charge in [-0.05, 0) is 43.7 Å². The summed E-state index contributed by atoms with van der Waals surface area (Å²) in [4.78, 5) is 1.01. The molecule has 1 aliphatic rings. The Morgan fingerprint density at radius 2 is 2.11 bits per heavy atom. The maximum Gasteiger partial charge on any atom is 0.250 e. The molecule has 0 amide bonds. The predicted octanol–water partition coefficient (Wildman–Crippen LogP) is 2.99. The number of nitrogens with one attached hydrogen (secondary N) is 1. The number of thiophene rings is 1. The molecule has 2 unspecified atom stereocenters. The standard InChI is InChI=1S/C12H18ClNO2S2/c1-9-5-6-12(17-9)18(15,16)14-8-11-4-2-3-10(11)7-13/h5-6,10-11,14H,2-4,7-8H2,1H3. The molecule has 1 saturated carbocycles. The van der Waals surface area contributed by atoms with Gasteiger partial charge in [-0.3, -0.25) is 0 Å². The number of hydrogen-bond acceptors (Lipinski definition) is 3. The highest BCUT2D eigenvalue weighted by molar-refractivity contribution is 7.91. The van der Waals surface area contributed by atoms with E-state index in [1.165, 1.54) is 11.3 Å². The summed E-state index contributed by atoms with van der Waals surface area (Å²) in [5.41, 5.74) is 0. The average Bonchev–Trinajstić information content (AvgIpc) is 2.94. The first kappa shape index (κ1) is 14.3. The first-order valence-corrected chi connectivity index (χ1v) is 8.98. The molecule has 0 aliphatic heterocycles. The highest BCUT2D eigenvalue weighted by atomic mass is 35.5. The Bertz CT molecular complexity index is 498. The van der Waals surface area contributed by atoms with Crippen LogP contribution in [0.3, 0.4) is 0 Å². The number of rotatable bonds is 5. The summed E-state index contributed by atoms with van der Waals surface area (Å²) in [6, 6.07) is 3.49. The Kier molecular flexibility index (Phi) is 4.69. The SMILES string of the molecule is Cc1ccc(S(=O)(=O)NCC2CCCC2CCl)s1. The molecule has 1 aliphatic carbocycles. The largest absolute Gasteiger partial charge is 0.250 e. The van der Waals surface area contributed by atoms with Crippen LogP contribution in [0.25, 0.3) is 0 Å². The van der Waals surface area contributed by atoms with Crippen molar-refractivity contribution < 1.29 is 8.42 Å². The smallest absolute Gasteiger partial charge is 0.210 e. The van der Waals surface area contributed by atoms with Gasteiger partial charge in [0.2, 0.25) is 10.0 Å². The summed E-state index contributed by atoms with van der Waals surface area (Å²) in [6.45, 7) is 2.42. The third kappa shape index (κ3) is 3.26. The fourth-order valence-electron chi connectivity index (χ4n) is 2.43. The summed E-state index contributed by atoms with van der Waals surface area (Å²) < 4.78 is 27.2. The van der Waals surface area contributed by atoms with Crippen LogP contribution < -0.4 is 4.72 Å². The van der Waals surface area contributed by atoms with Crippen LogP contribution >= 0.6 is 22.9 Å². The van der Waals surface area contributed by atoms with Crippen LogP contribution in [0.5, 0.6) is 0 Å². The monoisotopic (exact) mass is 307 g/mol. The molecule has 6 heteroatoms. The molecule has 2 atom stereocenters. The van der Waals surface area contributed by atoms with E-state index in [-0.39, 0.29) is 0 Å². The van der Waals surface area contributed by atoms with Gasteiger partial charge in [0, 0.05) is 17.3 Å². The van der Waals surface area contributed by atoms with Gasteiger partial charge in [0.15, 0.2) is 0 Å². The molecule has 0 saturated heterocycles. The van der Waals surface area contributed by atoms with Gasteiger partial charge in [-0.15, -0.1) is 22.9 Å². The second kappa shape index (κ2) is 5.90. The van der Waals surface area contributed by atoms with Crippen LogP contribution in [0.4, 0.5) is 0 Å². The van der Waals surface area contributed by atoms with Gasteiger partial charge in [-0.2, -0.15) is 0 Å². The van der Waals surface area contributed by atoms with Crippen molar-refractivity contribution >= 4 is 33.0 Å². The third-order valence-corrected chi connectivity index (χ3v) is 6.84. The lowest BCUT2D eigenvalue weighted by molar-refractivity contribution is 0.418. The van der Waals surface area contributed by atoms with Crippen molar-refractivity contribution in [2.45, 2.75) is 30.4 Å². The van der Waals surface area contributed by atoms with Crippen LogP contribution in [-0.4, -0.2) is 20.8 Å². The van der Waals surface area contributed by atoms with E-state index in [2.05, 4.69) is 4.72 Å². The van der Waals surface area contributed by atoms with Gasteiger partial charge in [0.05, 0.1) is 0 Å². The van der Waals surface area contributed by atoms with Crippen molar-refractivity contribution in [3.63, 3.8) is 0 Å². The first-order valence-electron chi connectivity index (χ1n) is 6.15. The normalized spacial score (nSPS) is 24.6. The lowest BCUT2D eigenvalue weighted by Crippen LogP contribution is -2.30. The molecule has 2 rings (SSSR count). The Morgan fingerprint density at radius 3 is 2.72 bits per heavy atom. The molecule has 1 aromatic heterocycles. The number of hydrogen-bond donors (Lipinski definition) is 1. The van der Waals surface area contributed by atoms with Crippen molar-refractivity contribution in [2.75, 3.05) is 12.4 Å². The van der Waals surface area contributed by atoms with Crippen LogP contribution in [0, 0.1) is 18.8 Å². The van der Waals surface area contributed by atoms with Crippen molar-refractivity contribution in [1.29, 1.82) is 0 Å². The van der Waals surface area contributed by atoms with Gasteiger partial charge in [0.25, 0.3) is 0 Å². The number of halogens is 1. The maximum absolute atomic E-state index is 12.1. The molecule has 1 N–H and O–H groups in total. The Labute approximate surface area is 118 Å². The zero-order chi connectivity index (χ0) is 13.2. The summed E-state index contributed by atoms with van der Waals surface area (Å²) in [5, 5.41) is 0. The van der Waals surface area contributed by atoms with E-state index < -0.39 is 10.0 Å². The molecule has 1 aromatic rings. The summed E-state index contributed by atoms with van der Waals surface area (Å²) in [5.74, 6) is 1.47. The minimum Gasteiger partial charge on any atom is -0.210 e. The molecule has 0 aromatic carbocycles. The summed E-state index contributed by atoms with van der Waals surface area (Å²) in [6.07, 6.45) is 3.35. The lowest BCUT2D eigenvalue weighted by Gasteiger charge is -2.17. The molecule has 0 bridgehead atoms. The van der Waals surface area contributed by atoms with Crippen LogP contribution in [0.15, 0.2) is 16.3 Å². The zero-order valence-corrected chi connectivity index (χ0v) is 12.7. The molecule has 1 heterocycles. The van der Waals surface area contributed by atoms with Gasteiger partial charge in [-0.1, -0.05) is 6.42 Å². The minimum absolute atomic E-state index is 0.387. The number of alkyl halides is 1. The Balaban J connectivity index is 1.97. The van der Waals surface area contributed by atoms with Crippen LogP contribution in [0.1, 0.15) is 24.1 Å². The highest BCUT2D eigenvalue weighted by Gasteiger charge is 2.28. The Morgan fingerprint density at radius 1 is 1.39 bits per heavy atom. The average molecular weight is 308 g/mol. The van der Waals surface area contributed by atoms with Gasteiger partial charge >= 0.3 is 0 Å². The van der Waals surface area contributed by atoms with Crippen LogP contribution in [0.2, 0.25) is 0 Å². The third-order valence-electron chi connectivity index (χ3n) is 3.53. The number of aryl methyl sites for hydroxylation is 1. The first-order chi connectivity index (χ1) is 8.53. The van der Waals surface area contributed by atoms with Crippen molar-refractivity contribution in [3.8, 4) is 0 Å². The summed E-state index contributed by atoms with van der Waals surface area (Å²) in [7, 11) is -3.33. The zero-order valence-electron chi connectivity index (χ0n) is 10.4. The second-order valence-electron chi connectivity index (χ2n) is 4.82. The lowest BCUT2D eigenvalue weighted by atomic mass is 9.98. The topological polar surface area (TPSA) is 46.2 Å². The van der Waals surface area contributed by atoms with E-state index in [1.54, 1.807) is 6.07 Å². The summed E-state index contributed by atoms with van der Waals surface area (Å²) >= 11 is 7.20. The molecular formula is C12H18ClNO2S2. The molecular weight excluding hydrogens is 290 g/mol. The van der Waals surface area contributed by atoms with E-state index in [4.69, 9.17) is 11.6 Å². The number of sulfonamides is 1. The molecule has 0 radical (unpaired) electrons. The van der Waals surface area contributed by atoms with Gasteiger partial charge in [0.1, 0.15) is 4.21 Å². The minimum atomic E-state index is -3.33. The van der Waals surface area contributed by atoms with Gasteiger partial charge in [-0.25, -0.2) is 13.1 Å². The van der Waals surface area contributed by atoms with E-state index in [0.29, 0.717) is 28.5 Å². The fourth-order valence-corrected chi connectivity index (χ4v) is 5.26. The molecule has 0 spiro atoms. The molecule has 18 heavy (non-hydrogen) atoms. The molecule has 102 valence electrons. The van der Waals surface area contributed by atoms with E-state index in [9.17, 15) is 8.42 Å². The second-order valence-corrected chi connectivity index (χ2v) is 8.41. The van der Waals surface area contributed by atoms with Crippen molar-refractivity contribution in [3.05, 3.63) is 17.0 Å². The molecule has 3 nitrogen and oxygen atoms in total. The van der Waals surface area contributed by atoms with E-state index in [0.717, 1.165) is 24.1 Å². The highest BCUT2D eigenvalue weighted by Crippen LogP contribution is 2.32. The Hall–Kier alpha value is -0.100. The van der Waals surface area contributed by atoms with Crippen molar-refractivity contribution in [1.82, 2.24) is 4.72 Å². The molecule has 1 fully saturated rings. The van der Waals surface area contributed by atoms with Crippen LogP contribution in [-0.2, 0) is 10.0 Å². The quantitative estimate of drug-likeness (QED) is 0.850. The van der Waals surface area contributed by atoms with Crippen molar-refractivity contribution in [2.24, 2.45) is 11.8 Å². The predicted molar refractivity (Wildman–Crippen MR) is 75.8 cm³/mol. The van der Waals surface area contributed by atoms with Gasteiger partial charge < -0.3 is 0 Å². The fraction of sp³-hybridized carbons (Fsp3) is 0.667. The van der Waals surface area contributed by atoms with E-state index in [1.807, 2.05) is 13.0 Å². The maximum atomic E-state index is 12.1.